The third kappa shape index (κ3) is 4.52. The van der Waals surface area contributed by atoms with Gasteiger partial charge in [-0.2, -0.15) is 11.8 Å². The number of benzene rings is 1. The molecule has 0 unspecified atom stereocenters. The lowest BCUT2D eigenvalue weighted by Gasteiger charge is -2.30. The lowest BCUT2D eigenvalue weighted by molar-refractivity contribution is 0.259. The van der Waals surface area contributed by atoms with Gasteiger partial charge in [0.05, 0.1) is 20.8 Å². The number of guanidine groups is 1. The second-order valence-electron chi connectivity index (χ2n) is 6.34. The summed E-state index contributed by atoms with van der Waals surface area (Å²) in [4.78, 5) is 9.21. The molecule has 2 heterocycles. The summed E-state index contributed by atoms with van der Waals surface area (Å²) in [5.41, 5.74) is 8.79. The van der Waals surface area contributed by atoms with E-state index in [0.29, 0.717) is 5.96 Å². The molecule has 0 amide bonds. The largest absolute Gasteiger partial charge is 0.493 e. The Bertz CT molecular complexity index is 617. The SMILES string of the molecule is COc1cc2c(cc1OC)CN(CCN=C(N)N1CCSCC1)CC2. The number of methoxy groups -OCH3 is 2. The lowest BCUT2D eigenvalue weighted by Crippen LogP contribution is -2.43. The van der Waals surface area contributed by atoms with Gasteiger partial charge in [-0.05, 0) is 29.7 Å². The first-order chi connectivity index (χ1) is 12.2. The number of nitrogens with zero attached hydrogens (tertiary/aromatic N) is 3. The molecule has 0 atom stereocenters. The third-order valence-corrected chi connectivity index (χ3v) is 5.76. The minimum Gasteiger partial charge on any atom is -0.493 e. The van der Waals surface area contributed by atoms with Gasteiger partial charge in [0.15, 0.2) is 17.5 Å². The molecule has 1 fully saturated rings. The molecular formula is C18H28N4O2S. The topological polar surface area (TPSA) is 63.3 Å². The summed E-state index contributed by atoms with van der Waals surface area (Å²) in [5.74, 6) is 4.60. The molecule has 0 spiro atoms. The smallest absolute Gasteiger partial charge is 0.191 e. The molecule has 138 valence electrons. The Morgan fingerprint density at radius 1 is 1.12 bits per heavy atom. The fourth-order valence-electron chi connectivity index (χ4n) is 3.33. The summed E-state index contributed by atoms with van der Waals surface area (Å²) in [7, 11) is 3.37. The molecule has 3 rings (SSSR count). The summed E-state index contributed by atoms with van der Waals surface area (Å²) in [6.07, 6.45) is 1.03. The van der Waals surface area contributed by atoms with Crippen molar-refractivity contribution in [3.05, 3.63) is 23.3 Å². The van der Waals surface area contributed by atoms with Crippen molar-refractivity contribution in [2.75, 3.05) is 58.4 Å². The Morgan fingerprint density at radius 3 is 2.48 bits per heavy atom. The van der Waals surface area contributed by atoms with Crippen LogP contribution in [0.1, 0.15) is 11.1 Å². The Balaban J connectivity index is 1.55. The van der Waals surface area contributed by atoms with Crippen LogP contribution in [0.2, 0.25) is 0 Å². The van der Waals surface area contributed by atoms with Gasteiger partial charge in [0.25, 0.3) is 0 Å². The highest BCUT2D eigenvalue weighted by Gasteiger charge is 2.19. The molecule has 2 aliphatic rings. The number of fused-ring (bicyclic) bond motifs is 1. The average Bonchev–Trinajstić information content (AvgIpc) is 2.67. The molecule has 2 aliphatic heterocycles. The van der Waals surface area contributed by atoms with E-state index in [1.165, 1.54) is 11.1 Å². The number of nitrogens with two attached hydrogens (primary N) is 1. The van der Waals surface area contributed by atoms with Crippen LogP contribution < -0.4 is 15.2 Å². The van der Waals surface area contributed by atoms with Crippen molar-refractivity contribution in [3.63, 3.8) is 0 Å². The predicted molar refractivity (Wildman–Crippen MR) is 104 cm³/mol. The minimum absolute atomic E-state index is 0.698. The summed E-state index contributed by atoms with van der Waals surface area (Å²) >= 11 is 1.98. The van der Waals surface area contributed by atoms with Crippen molar-refractivity contribution < 1.29 is 9.47 Å². The molecule has 7 heteroatoms. The van der Waals surface area contributed by atoms with Gasteiger partial charge in [-0.1, -0.05) is 0 Å². The van der Waals surface area contributed by atoms with E-state index in [9.17, 15) is 0 Å². The van der Waals surface area contributed by atoms with Crippen LogP contribution in [-0.2, 0) is 13.0 Å². The van der Waals surface area contributed by atoms with Gasteiger partial charge in [0, 0.05) is 44.2 Å². The Morgan fingerprint density at radius 2 is 1.80 bits per heavy atom. The summed E-state index contributed by atoms with van der Waals surface area (Å²) in [5, 5.41) is 0. The van der Waals surface area contributed by atoms with Crippen molar-refractivity contribution in [2.45, 2.75) is 13.0 Å². The Kier molecular flexibility index (Phi) is 6.31. The fraction of sp³-hybridized carbons (Fsp3) is 0.611. The third-order valence-electron chi connectivity index (χ3n) is 4.82. The maximum Gasteiger partial charge on any atom is 0.191 e. The van der Waals surface area contributed by atoms with E-state index in [-0.39, 0.29) is 0 Å². The highest BCUT2D eigenvalue weighted by atomic mass is 32.2. The van der Waals surface area contributed by atoms with Crippen LogP contribution >= 0.6 is 11.8 Å². The van der Waals surface area contributed by atoms with Crippen molar-refractivity contribution in [1.82, 2.24) is 9.80 Å². The van der Waals surface area contributed by atoms with Gasteiger partial charge in [0.1, 0.15) is 0 Å². The number of thioether (sulfide) groups is 1. The summed E-state index contributed by atoms with van der Waals surface area (Å²) in [6, 6.07) is 4.21. The molecule has 0 aromatic heterocycles. The van der Waals surface area contributed by atoms with Crippen molar-refractivity contribution in [2.24, 2.45) is 10.7 Å². The number of aliphatic imine (C=N–C) groups is 1. The standard InChI is InChI=1S/C18H28N4O2S/c1-23-16-11-14-3-5-21(13-15(14)12-17(16)24-2)6-4-20-18(19)22-7-9-25-10-8-22/h11-12H,3-10,13H2,1-2H3,(H2,19,20). The maximum absolute atomic E-state index is 6.13. The second kappa shape index (κ2) is 8.67. The molecule has 1 aromatic carbocycles. The van der Waals surface area contributed by atoms with E-state index >= 15 is 0 Å². The molecule has 0 bridgehead atoms. The molecule has 1 aromatic rings. The number of hydrogen-bond acceptors (Lipinski definition) is 5. The number of rotatable bonds is 5. The van der Waals surface area contributed by atoms with Gasteiger partial charge < -0.3 is 20.1 Å². The van der Waals surface area contributed by atoms with Crippen LogP contribution in [0.4, 0.5) is 0 Å². The van der Waals surface area contributed by atoms with Crippen molar-refractivity contribution >= 4 is 17.7 Å². The zero-order valence-corrected chi connectivity index (χ0v) is 16.0. The molecule has 0 saturated carbocycles. The summed E-state index contributed by atoms with van der Waals surface area (Å²) < 4.78 is 10.8. The van der Waals surface area contributed by atoms with Crippen LogP contribution in [0.25, 0.3) is 0 Å². The number of hydrogen-bond donors (Lipinski definition) is 1. The van der Waals surface area contributed by atoms with Crippen LogP contribution in [0.15, 0.2) is 17.1 Å². The highest BCUT2D eigenvalue weighted by Crippen LogP contribution is 2.33. The molecule has 2 N–H and O–H groups in total. The summed E-state index contributed by atoms with van der Waals surface area (Å²) in [6.45, 7) is 5.66. The van der Waals surface area contributed by atoms with Gasteiger partial charge in [-0.25, -0.2) is 0 Å². The molecular weight excluding hydrogens is 336 g/mol. The zero-order valence-electron chi connectivity index (χ0n) is 15.2. The van der Waals surface area contributed by atoms with Crippen LogP contribution in [-0.4, -0.2) is 74.2 Å². The number of ether oxygens (including phenoxy) is 2. The molecule has 0 radical (unpaired) electrons. The predicted octanol–water partition coefficient (Wildman–Crippen LogP) is 1.43. The van der Waals surface area contributed by atoms with E-state index in [1.54, 1.807) is 14.2 Å². The van der Waals surface area contributed by atoms with Crippen LogP contribution in [0, 0.1) is 0 Å². The normalized spacial score (nSPS) is 18.8. The van der Waals surface area contributed by atoms with E-state index in [0.717, 1.165) is 68.7 Å². The first kappa shape index (κ1) is 18.2. The monoisotopic (exact) mass is 364 g/mol. The average molecular weight is 365 g/mol. The zero-order chi connectivity index (χ0) is 17.6. The Labute approximate surface area is 154 Å². The van der Waals surface area contributed by atoms with Crippen molar-refractivity contribution in [1.29, 1.82) is 0 Å². The quantitative estimate of drug-likeness (QED) is 0.630. The lowest BCUT2D eigenvalue weighted by atomic mass is 9.99. The van der Waals surface area contributed by atoms with Gasteiger partial charge in [-0.15, -0.1) is 0 Å². The van der Waals surface area contributed by atoms with Crippen molar-refractivity contribution in [3.8, 4) is 11.5 Å². The first-order valence-electron chi connectivity index (χ1n) is 8.80. The Hall–Kier alpha value is -1.60. The minimum atomic E-state index is 0.698. The molecule has 6 nitrogen and oxygen atoms in total. The van der Waals surface area contributed by atoms with E-state index in [1.807, 2.05) is 11.8 Å². The van der Waals surface area contributed by atoms with Gasteiger partial charge in [-0.3, -0.25) is 9.89 Å². The van der Waals surface area contributed by atoms with E-state index in [2.05, 4.69) is 26.9 Å². The fourth-order valence-corrected chi connectivity index (χ4v) is 4.23. The van der Waals surface area contributed by atoms with E-state index in [4.69, 9.17) is 15.2 Å². The van der Waals surface area contributed by atoms with Crippen LogP contribution in [0.3, 0.4) is 0 Å². The van der Waals surface area contributed by atoms with Crippen LogP contribution in [0.5, 0.6) is 11.5 Å². The molecule has 25 heavy (non-hydrogen) atoms. The van der Waals surface area contributed by atoms with Gasteiger partial charge in [0.2, 0.25) is 0 Å². The highest BCUT2D eigenvalue weighted by molar-refractivity contribution is 7.99. The maximum atomic E-state index is 6.13. The van der Waals surface area contributed by atoms with Gasteiger partial charge >= 0.3 is 0 Å². The second-order valence-corrected chi connectivity index (χ2v) is 7.57. The van der Waals surface area contributed by atoms with E-state index < -0.39 is 0 Å². The first-order valence-corrected chi connectivity index (χ1v) is 9.95. The molecule has 0 aliphatic carbocycles. The molecule has 1 saturated heterocycles.